The molecule has 0 saturated carbocycles. The second kappa shape index (κ2) is 25.1. The van der Waals surface area contributed by atoms with Crippen molar-refractivity contribution in [3.8, 4) is 0 Å². The molecule has 0 radical (unpaired) electrons. The van der Waals surface area contributed by atoms with Gasteiger partial charge in [0.15, 0.2) is 0 Å². The maximum Gasteiger partial charge on any atom is 0.315 e. The molecule has 1 aromatic rings. The number of unbranched alkanes of at least 4 members (excludes halogenated alkanes) is 9. The molecule has 2 fully saturated rings. The van der Waals surface area contributed by atoms with Crippen LogP contribution in [0.3, 0.4) is 0 Å². The molecule has 11 heteroatoms. The molecule has 1 aromatic carbocycles. The van der Waals surface area contributed by atoms with Crippen molar-refractivity contribution in [2.75, 3.05) is 51.0 Å². The number of amides is 4. The highest BCUT2D eigenvalue weighted by molar-refractivity contribution is 8.00. The number of benzene rings is 1. The van der Waals surface area contributed by atoms with Crippen molar-refractivity contribution in [2.24, 2.45) is 0 Å². The highest BCUT2D eigenvalue weighted by Gasteiger charge is 2.42. The number of hydrogen-bond acceptors (Lipinski definition) is 7. The van der Waals surface area contributed by atoms with Crippen LogP contribution in [-0.4, -0.2) is 86.2 Å². The highest BCUT2D eigenvalue weighted by atomic mass is 32.2. The number of nitrogens with one attached hydrogen (secondary N) is 4. The topological polar surface area (TPSA) is 118 Å². The monoisotopic (exact) mass is 678 g/mol. The van der Waals surface area contributed by atoms with E-state index >= 15 is 0 Å². The Morgan fingerprint density at radius 2 is 1.35 bits per heavy atom. The predicted molar refractivity (Wildman–Crippen MR) is 190 cm³/mol. The molecule has 0 spiro atoms. The Hall–Kier alpha value is -1.95. The second-order valence-corrected chi connectivity index (χ2v) is 14.6. The fourth-order valence-electron chi connectivity index (χ4n) is 5.79. The quantitative estimate of drug-likeness (QED) is 0.0653. The average molecular weight is 679 g/mol. The number of fused-ring (bicyclic) bond motifs is 1. The van der Waals surface area contributed by atoms with Gasteiger partial charge in [0.05, 0.1) is 38.5 Å². The third-order valence-electron chi connectivity index (χ3n) is 8.39. The maximum absolute atomic E-state index is 12.0. The van der Waals surface area contributed by atoms with E-state index in [-0.39, 0.29) is 29.9 Å². The van der Waals surface area contributed by atoms with Crippen LogP contribution >= 0.6 is 23.5 Å². The van der Waals surface area contributed by atoms with Crippen molar-refractivity contribution in [1.29, 1.82) is 0 Å². The van der Waals surface area contributed by atoms with Crippen molar-refractivity contribution in [1.82, 2.24) is 21.3 Å². The van der Waals surface area contributed by atoms with E-state index in [1.165, 1.54) is 56.3 Å². The van der Waals surface area contributed by atoms with Gasteiger partial charge in [-0.25, -0.2) is 4.79 Å². The molecule has 4 N–H and O–H groups in total. The number of ether oxygens (including phenoxy) is 2. The number of carbonyl (C=O) groups is 3. The first kappa shape index (κ1) is 38.5. The van der Waals surface area contributed by atoms with Crippen LogP contribution in [0.2, 0.25) is 0 Å². The smallest absolute Gasteiger partial charge is 0.315 e. The summed E-state index contributed by atoms with van der Waals surface area (Å²) >= 11 is 3.95. The Kier molecular flexibility index (Phi) is 21.0. The third-order valence-corrected chi connectivity index (χ3v) is 11.0. The van der Waals surface area contributed by atoms with Crippen LogP contribution in [0.4, 0.5) is 4.79 Å². The minimum atomic E-state index is -0.0547. The van der Waals surface area contributed by atoms with Gasteiger partial charge in [0.2, 0.25) is 11.8 Å². The minimum absolute atomic E-state index is 0.0504. The van der Waals surface area contributed by atoms with Crippen LogP contribution in [0.5, 0.6) is 0 Å². The summed E-state index contributed by atoms with van der Waals surface area (Å²) < 4.78 is 11.1. The molecule has 46 heavy (non-hydrogen) atoms. The molecule has 0 aromatic heterocycles. The zero-order valence-electron chi connectivity index (χ0n) is 27.7. The van der Waals surface area contributed by atoms with Crippen molar-refractivity contribution < 1.29 is 23.9 Å². The summed E-state index contributed by atoms with van der Waals surface area (Å²) in [5, 5.41) is 12.2. The molecular formula is C35H58N4O5S2. The molecule has 3 atom stereocenters. The zero-order chi connectivity index (χ0) is 32.5. The summed E-state index contributed by atoms with van der Waals surface area (Å²) in [6.45, 7) is 2.87. The fraction of sp³-hybridized carbons (Fsp3) is 0.743. The largest absolute Gasteiger partial charge is 0.377 e. The third kappa shape index (κ3) is 17.8. The summed E-state index contributed by atoms with van der Waals surface area (Å²) in [4.78, 5) is 35.5. The van der Waals surface area contributed by atoms with E-state index in [0.717, 1.165) is 43.6 Å². The average Bonchev–Trinajstić information content (AvgIpc) is 3.62. The second-order valence-electron chi connectivity index (χ2n) is 12.3. The van der Waals surface area contributed by atoms with E-state index in [2.05, 4.69) is 51.6 Å². The summed E-state index contributed by atoms with van der Waals surface area (Å²) in [5.41, 5.74) is 1.42. The maximum atomic E-state index is 12.0. The summed E-state index contributed by atoms with van der Waals surface area (Å²) in [7, 11) is 0. The van der Waals surface area contributed by atoms with Gasteiger partial charge in [-0.2, -0.15) is 23.5 Å². The lowest BCUT2D eigenvalue weighted by Gasteiger charge is -2.16. The first-order valence-corrected chi connectivity index (χ1v) is 19.8. The molecule has 0 aliphatic carbocycles. The van der Waals surface area contributed by atoms with Crippen LogP contribution < -0.4 is 21.3 Å². The number of urea groups is 1. The highest BCUT2D eigenvalue weighted by Crippen LogP contribution is 2.33. The van der Waals surface area contributed by atoms with Crippen LogP contribution in [0.1, 0.15) is 95.5 Å². The van der Waals surface area contributed by atoms with Gasteiger partial charge in [-0.05, 0) is 37.0 Å². The van der Waals surface area contributed by atoms with Crippen molar-refractivity contribution in [3.63, 3.8) is 0 Å². The van der Waals surface area contributed by atoms with E-state index in [1.807, 2.05) is 23.5 Å². The Morgan fingerprint density at radius 1 is 0.761 bits per heavy atom. The lowest BCUT2D eigenvalue weighted by Crippen LogP contribution is -2.36. The number of thioether (sulfide) groups is 2. The van der Waals surface area contributed by atoms with Crippen molar-refractivity contribution >= 4 is 41.4 Å². The molecule has 9 nitrogen and oxygen atoms in total. The van der Waals surface area contributed by atoms with E-state index in [9.17, 15) is 14.4 Å². The lowest BCUT2D eigenvalue weighted by atomic mass is 10.0. The first-order valence-electron chi connectivity index (χ1n) is 17.6. The molecule has 260 valence electrons. The molecule has 2 aliphatic heterocycles. The van der Waals surface area contributed by atoms with Crippen LogP contribution in [0.15, 0.2) is 30.3 Å². The molecule has 0 bridgehead atoms. The van der Waals surface area contributed by atoms with Gasteiger partial charge in [-0.3, -0.25) is 9.59 Å². The van der Waals surface area contributed by atoms with Crippen molar-refractivity contribution in [2.45, 2.75) is 113 Å². The Bertz CT molecular complexity index is 974. The van der Waals surface area contributed by atoms with E-state index < -0.39 is 0 Å². The van der Waals surface area contributed by atoms with Gasteiger partial charge < -0.3 is 30.7 Å². The molecule has 4 amide bonds. The number of rotatable bonds is 28. The van der Waals surface area contributed by atoms with Gasteiger partial charge in [0.25, 0.3) is 0 Å². The summed E-state index contributed by atoms with van der Waals surface area (Å²) in [5.74, 6) is 3.50. The van der Waals surface area contributed by atoms with Crippen LogP contribution in [-0.2, 0) is 24.8 Å². The molecule has 2 saturated heterocycles. The summed E-state index contributed by atoms with van der Waals surface area (Å²) in [6, 6.07) is 11.1. The van der Waals surface area contributed by atoms with Crippen LogP contribution in [0, 0.1) is 0 Å². The molecule has 2 heterocycles. The summed E-state index contributed by atoms with van der Waals surface area (Å²) in [6.07, 6.45) is 15.2. The minimum Gasteiger partial charge on any atom is -0.377 e. The zero-order valence-corrected chi connectivity index (χ0v) is 29.4. The molecular weight excluding hydrogens is 621 g/mol. The Labute approximate surface area is 285 Å². The predicted octanol–water partition coefficient (Wildman–Crippen LogP) is 5.81. The molecule has 3 rings (SSSR count). The Morgan fingerprint density at radius 3 is 2.00 bits per heavy atom. The van der Waals surface area contributed by atoms with E-state index in [4.69, 9.17) is 9.47 Å². The van der Waals surface area contributed by atoms with Gasteiger partial charge >= 0.3 is 6.03 Å². The lowest BCUT2D eigenvalue weighted by molar-refractivity contribution is -0.122. The van der Waals surface area contributed by atoms with Gasteiger partial charge in [0, 0.05) is 42.7 Å². The fourth-order valence-corrected chi connectivity index (χ4v) is 8.31. The molecule has 0 unspecified atom stereocenters. The first-order chi connectivity index (χ1) is 22.6. The van der Waals surface area contributed by atoms with E-state index in [0.29, 0.717) is 57.6 Å². The normalized spacial score (nSPS) is 18.6. The SMILES string of the molecule is O=C(CCCCCCCCCCCSCc1ccccc1)NCCOCCOCCNC(=O)CCCC[C@@H]1SC[C@@H]2NC(=O)N[C@@H]21. The number of hydrogen-bond donors (Lipinski definition) is 4. The van der Waals surface area contributed by atoms with Gasteiger partial charge in [0.1, 0.15) is 0 Å². The Balaban J connectivity index is 0.964. The number of carbonyl (C=O) groups excluding carboxylic acids is 3. The molecule has 2 aliphatic rings. The van der Waals surface area contributed by atoms with Crippen LogP contribution in [0.25, 0.3) is 0 Å². The van der Waals surface area contributed by atoms with Crippen molar-refractivity contribution in [3.05, 3.63) is 35.9 Å². The van der Waals surface area contributed by atoms with Gasteiger partial charge in [-0.15, -0.1) is 0 Å². The standard InChI is InChI=1S/C35H58N4O5S2/c40-32(18-11-6-4-2-1-3-5-7-14-26-45-27-29-15-9-8-10-16-29)36-20-22-43-24-25-44-23-21-37-33(41)19-13-12-17-31-34-30(28-46-31)38-35(42)39-34/h8-10,15-16,30-31,34H,1-7,11-14,17-28H2,(H,36,40)(H,37,41)(H2,38,39,42)/t30-,31-,34-/m0/s1. The van der Waals surface area contributed by atoms with E-state index in [1.54, 1.807) is 0 Å². The van der Waals surface area contributed by atoms with Gasteiger partial charge in [-0.1, -0.05) is 81.7 Å².